The van der Waals surface area contributed by atoms with E-state index >= 15 is 0 Å². The third-order valence-corrected chi connectivity index (χ3v) is 4.77. The van der Waals surface area contributed by atoms with Crippen molar-refractivity contribution in [1.29, 1.82) is 0 Å². The van der Waals surface area contributed by atoms with Crippen molar-refractivity contribution < 1.29 is 24.0 Å². The van der Waals surface area contributed by atoms with Gasteiger partial charge in [0.2, 0.25) is 5.91 Å². The molecule has 1 saturated heterocycles. The van der Waals surface area contributed by atoms with Crippen molar-refractivity contribution in [2.45, 2.75) is 26.4 Å². The Morgan fingerprint density at radius 1 is 1.20 bits per heavy atom. The van der Waals surface area contributed by atoms with E-state index in [1.165, 1.54) is 4.90 Å². The van der Waals surface area contributed by atoms with Gasteiger partial charge in [0.15, 0.2) is 17.5 Å². The second-order valence-electron chi connectivity index (χ2n) is 6.29. The molecule has 2 amide bonds. The minimum atomic E-state index is -0.144. The van der Waals surface area contributed by atoms with E-state index in [4.69, 9.17) is 9.47 Å². The Morgan fingerprint density at radius 3 is 2.40 bits per heavy atom. The molecule has 2 N–H and O–H groups in total. The van der Waals surface area contributed by atoms with Gasteiger partial charge in [0.1, 0.15) is 0 Å². The van der Waals surface area contributed by atoms with Crippen LogP contribution in [0.4, 0.5) is 0 Å². The van der Waals surface area contributed by atoms with Gasteiger partial charge in [-0.2, -0.15) is 0 Å². The smallest absolute Gasteiger partial charge is 0.278 e. The van der Waals surface area contributed by atoms with Crippen LogP contribution in [0.25, 0.3) is 0 Å². The Morgan fingerprint density at radius 2 is 1.84 bits per heavy atom. The molecule has 1 aliphatic heterocycles. The van der Waals surface area contributed by atoms with Gasteiger partial charge in [-0.3, -0.25) is 9.59 Å². The lowest BCUT2D eigenvalue weighted by Gasteiger charge is -2.34. The number of ether oxygens (including phenoxy) is 2. The van der Waals surface area contributed by atoms with Gasteiger partial charge in [0, 0.05) is 13.5 Å². The molecule has 1 aromatic carbocycles. The van der Waals surface area contributed by atoms with Crippen molar-refractivity contribution in [2.24, 2.45) is 0 Å². The lowest BCUT2D eigenvalue weighted by molar-refractivity contribution is -0.918. The molecule has 0 radical (unpaired) electrons. The molecule has 7 heteroatoms. The molecule has 7 nitrogen and oxygen atoms in total. The average Bonchev–Trinajstić information content (AvgIpc) is 2.65. The molecule has 1 aromatic rings. The van der Waals surface area contributed by atoms with Crippen molar-refractivity contribution in [2.75, 3.05) is 40.4 Å². The first kappa shape index (κ1) is 19.1. The molecular weight excluding hydrogens is 322 g/mol. The largest absolute Gasteiger partial charge is 0.493 e. The first-order valence-electron chi connectivity index (χ1n) is 8.55. The molecule has 0 spiro atoms. The molecule has 0 aromatic heterocycles. The van der Waals surface area contributed by atoms with Crippen LogP contribution < -0.4 is 19.7 Å². The topological polar surface area (TPSA) is 72.3 Å². The number of piperazine rings is 1. The zero-order valence-electron chi connectivity index (χ0n) is 15.4. The summed E-state index contributed by atoms with van der Waals surface area (Å²) in [5.41, 5.74) is 0.953. The molecule has 0 saturated carbocycles. The summed E-state index contributed by atoms with van der Waals surface area (Å²) >= 11 is 0. The molecule has 1 fully saturated rings. The van der Waals surface area contributed by atoms with Crippen LogP contribution in [-0.4, -0.2) is 63.2 Å². The van der Waals surface area contributed by atoms with Gasteiger partial charge >= 0.3 is 0 Å². The number of benzene rings is 1. The summed E-state index contributed by atoms with van der Waals surface area (Å²) in [5.74, 6) is 1.43. The van der Waals surface area contributed by atoms with Crippen LogP contribution in [0.3, 0.4) is 0 Å². The minimum absolute atomic E-state index is 0.0149. The monoisotopic (exact) mass is 350 g/mol. The number of hydrogen-bond acceptors (Lipinski definition) is 4. The Balaban J connectivity index is 1.86. The fraction of sp³-hybridized carbons (Fsp3) is 0.556. The highest BCUT2D eigenvalue weighted by Crippen LogP contribution is 2.27. The fourth-order valence-electron chi connectivity index (χ4n) is 3.06. The Labute approximate surface area is 148 Å². The normalized spacial score (nSPS) is 16.2. The van der Waals surface area contributed by atoms with Crippen molar-refractivity contribution >= 4 is 11.8 Å². The second-order valence-corrected chi connectivity index (χ2v) is 6.29. The number of quaternary nitrogens is 1. The highest BCUT2D eigenvalue weighted by Gasteiger charge is 2.29. The van der Waals surface area contributed by atoms with E-state index < -0.39 is 0 Å². The van der Waals surface area contributed by atoms with Crippen LogP contribution in [0.1, 0.15) is 19.4 Å². The Hall–Kier alpha value is -2.28. The van der Waals surface area contributed by atoms with Gasteiger partial charge in [-0.25, -0.2) is 0 Å². The number of methoxy groups -OCH3 is 2. The fourth-order valence-corrected chi connectivity index (χ4v) is 3.06. The van der Waals surface area contributed by atoms with Crippen LogP contribution in [-0.2, 0) is 16.1 Å². The maximum absolute atomic E-state index is 12.4. The van der Waals surface area contributed by atoms with E-state index in [1.54, 1.807) is 21.1 Å². The molecule has 25 heavy (non-hydrogen) atoms. The number of hydrogen-bond donors (Lipinski definition) is 2. The highest BCUT2D eigenvalue weighted by atomic mass is 16.5. The maximum atomic E-state index is 12.4. The third kappa shape index (κ3) is 4.85. The summed E-state index contributed by atoms with van der Waals surface area (Å²) in [4.78, 5) is 26.9. The van der Waals surface area contributed by atoms with Crippen LogP contribution in [0.2, 0.25) is 0 Å². The van der Waals surface area contributed by atoms with Gasteiger partial charge in [-0.1, -0.05) is 6.07 Å². The van der Waals surface area contributed by atoms with E-state index in [9.17, 15) is 9.59 Å². The molecule has 0 unspecified atom stereocenters. The van der Waals surface area contributed by atoms with Gasteiger partial charge < -0.3 is 24.6 Å². The molecule has 1 aliphatic rings. The summed E-state index contributed by atoms with van der Waals surface area (Å²) in [7, 11) is 3.18. The van der Waals surface area contributed by atoms with Crippen LogP contribution in [0.5, 0.6) is 11.5 Å². The molecule has 1 atom stereocenters. The minimum Gasteiger partial charge on any atom is -0.493 e. The Kier molecular flexibility index (Phi) is 6.64. The number of nitrogens with one attached hydrogen (secondary N) is 2. The molecule has 0 bridgehead atoms. The second kappa shape index (κ2) is 8.71. The van der Waals surface area contributed by atoms with Gasteiger partial charge in [0.25, 0.3) is 5.91 Å². The summed E-state index contributed by atoms with van der Waals surface area (Å²) in [6, 6.07) is 5.46. The summed E-state index contributed by atoms with van der Waals surface area (Å²) in [6.07, 6.45) is 0. The standard InChI is InChI=1S/C18H27N3O4/c1-13(20-7-9-21(10-8-20)14(2)22)18(23)19-12-15-5-6-16(24-3)17(11-15)25-4/h5-6,11,13H,7-10,12H2,1-4H3,(H,19,23)/p+1/t13-/m0/s1. The van der Waals surface area contributed by atoms with Crippen molar-refractivity contribution in [1.82, 2.24) is 10.2 Å². The number of carbonyl (C=O) groups excluding carboxylic acids is 2. The lowest BCUT2D eigenvalue weighted by Crippen LogP contribution is -3.19. The van der Waals surface area contributed by atoms with E-state index in [0.717, 1.165) is 18.7 Å². The zero-order chi connectivity index (χ0) is 18.4. The lowest BCUT2D eigenvalue weighted by atomic mass is 10.1. The van der Waals surface area contributed by atoms with Gasteiger partial charge in [-0.05, 0) is 24.6 Å². The van der Waals surface area contributed by atoms with E-state index in [-0.39, 0.29) is 17.9 Å². The zero-order valence-corrected chi connectivity index (χ0v) is 15.4. The van der Waals surface area contributed by atoms with Crippen molar-refractivity contribution in [3.8, 4) is 11.5 Å². The molecule has 1 heterocycles. The van der Waals surface area contributed by atoms with E-state index in [0.29, 0.717) is 31.1 Å². The number of carbonyl (C=O) groups is 2. The SMILES string of the molecule is COc1ccc(CNC(=O)[C@H](C)[NH+]2CCN(C(C)=O)CC2)cc1OC. The third-order valence-electron chi connectivity index (χ3n) is 4.77. The molecule has 138 valence electrons. The van der Waals surface area contributed by atoms with Crippen molar-refractivity contribution in [3.63, 3.8) is 0 Å². The first-order chi connectivity index (χ1) is 12.0. The van der Waals surface area contributed by atoms with E-state index in [2.05, 4.69) is 5.32 Å². The maximum Gasteiger partial charge on any atom is 0.278 e. The number of amides is 2. The average molecular weight is 350 g/mol. The molecule has 2 rings (SSSR count). The van der Waals surface area contributed by atoms with Crippen LogP contribution in [0, 0.1) is 0 Å². The molecule has 0 aliphatic carbocycles. The van der Waals surface area contributed by atoms with Crippen LogP contribution >= 0.6 is 0 Å². The first-order valence-corrected chi connectivity index (χ1v) is 8.55. The Bertz CT molecular complexity index is 612. The molecular formula is C18H28N3O4+. The van der Waals surface area contributed by atoms with Gasteiger partial charge in [-0.15, -0.1) is 0 Å². The summed E-state index contributed by atoms with van der Waals surface area (Å²) < 4.78 is 10.5. The number of nitrogens with zero attached hydrogens (tertiary/aromatic N) is 1. The summed E-state index contributed by atoms with van der Waals surface area (Å²) in [6.45, 7) is 6.97. The van der Waals surface area contributed by atoms with Crippen molar-refractivity contribution in [3.05, 3.63) is 23.8 Å². The predicted molar refractivity (Wildman–Crippen MR) is 93.8 cm³/mol. The van der Waals surface area contributed by atoms with Crippen LogP contribution in [0.15, 0.2) is 18.2 Å². The number of rotatable bonds is 6. The predicted octanol–water partition coefficient (Wildman–Crippen LogP) is -0.544. The summed E-state index contributed by atoms with van der Waals surface area (Å²) in [5, 5.41) is 2.98. The highest BCUT2D eigenvalue weighted by molar-refractivity contribution is 5.80. The van der Waals surface area contributed by atoms with E-state index in [1.807, 2.05) is 30.0 Å². The van der Waals surface area contributed by atoms with Gasteiger partial charge in [0.05, 0.1) is 40.4 Å². The quantitative estimate of drug-likeness (QED) is 0.723.